The first-order valence-corrected chi connectivity index (χ1v) is 6.66. The van der Waals surface area contributed by atoms with E-state index in [-0.39, 0.29) is 58.1 Å². The summed E-state index contributed by atoms with van der Waals surface area (Å²) in [6.45, 7) is 0. The predicted octanol–water partition coefficient (Wildman–Crippen LogP) is 4.19. The van der Waals surface area contributed by atoms with Crippen molar-refractivity contribution in [2.75, 3.05) is 0 Å². The van der Waals surface area contributed by atoms with Gasteiger partial charge >= 0.3 is 0 Å². The summed E-state index contributed by atoms with van der Waals surface area (Å²) >= 11 is 0. The summed E-state index contributed by atoms with van der Waals surface area (Å²) < 4.78 is 0. The van der Waals surface area contributed by atoms with Crippen LogP contribution in [0.1, 0.15) is 0 Å². The molecule has 3 aromatic rings. The first-order chi connectivity index (χ1) is 11.1. The quantitative estimate of drug-likeness (QED) is 0.324. The number of nitro groups is 1. The molecule has 8 heteroatoms. The average molecular weight is 332 g/mol. The van der Waals surface area contributed by atoms with Crippen LogP contribution < -0.4 is 0 Å². The van der Waals surface area contributed by atoms with E-state index in [0.29, 0.717) is 5.39 Å². The van der Waals surface area contributed by atoms with Crippen molar-refractivity contribution in [1.82, 2.24) is 0 Å². The maximum atomic E-state index is 10.8. The topological polar surface area (TPSA) is 108 Å². The smallest absolute Gasteiger partial charge is 0.271 e. The van der Waals surface area contributed by atoms with E-state index in [2.05, 4.69) is 10.2 Å². The number of nitro benzene ring substituents is 1. The monoisotopic (exact) mass is 332 g/mol. The summed E-state index contributed by atoms with van der Waals surface area (Å²) in [6.07, 6.45) is 0. The number of aromatic hydroxyl groups is 2. The van der Waals surface area contributed by atoms with Gasteiger partial charge in [0.25, 0.3) is 5.69 Å². The molecule has 3 aromatic carbocycles. The molecule has 0 aromatic heterocycles. The molecule has 0 aliphatic heterocycles. The molecule has 115 valence electrons. The van der Waals surface area contributed by atoms with Crippen molar-refractivity contribution in [3.8, 4) is 11.5 Å². The van der Waals surface area contributed by atoms with E-state index in [1.165, 1.54) is 18.2 Å². The van der Waals surface area contributed by atoms with Gasteiger partial charge in [0.05, 0.1) is 4.92 Å². The van der Waals surface area contributed by atoms with Crippen LogP contribution in [0.3, 0.4) is 0 Å². The Morgan fingerprint density at radius 2 is 1.62 bits per heavy atom. The van der Waals surface area contributed by atoms with Crippen LogP contribution in [0.2, 0.25) is 0 Å². The molecule has 0 heterocycles. The second kappa shape index (κ2) is 7.39. The summed E-state index contributed by atoms with van der Waals surface area (Å²) in [4.78, 5) is 10.2. The van der Waals surface area contributed by atoms with E-state index in [1.807, 2.05) is 12.1 Å². The fraction of sp³-hybridized carbons (Fsp3) is 0. The SMILES string of the molecule is O=[N+]([O-])c1ccc(O)c(N=Nc2c(O)ccc3ccccc23)c1.[Na]. The number of azo groups is 1. The molecule has 0 fully saturated rings. The number of benzene rings is 3. The second-order valence-corrected chi connectivity index (χ2v) is 4.78. The van der Waals surface area contributed by atoms with Gasteiger partial charge in [0.1, 0.15) is 22.9 Å². The van der Waals surface area contributed by atoms with E-state index in [9.17, 15) is 20.3 Å². The van der Waals surface area contributed by atoms with Crippen molar-refractivity contribution >= 4 is 57.4 Å². The third-order valence-corrected chi connectivity index (χ3v) is 3.31. The number of phenols is 2. The zero-order chi connectivity index (χ0) is 16.4. The fourth-order valence-electron chi connectivity index (χ4n) is 2.16. The number of phenolic OH excluding ortho intramolecular Hbond substituents is 2. The van der Waals surface area contributed by atoms with Crippen LogP contribution in [0.5, 0.6) is 11.5 Å². The van der Waals surface area contributed by atoms with Crippen LogP contribution in [0.25, 0.3) is 10.8 Å². The van der Waals surface area contributed by atoms with Crippen molar-refractivity contribution < 1.29 is 15.1 Å². The molecule has 0 amide bonds. The molecule has 1 radical (unpaired) electrons. The van der Waals surface area contributed by atoms with Gasteiger partial charge in [0, 0.05) is 47.1 Å². The van der Waals surface area contributed by atoms with Crippen molar-refractivity contribution in [2.24, 2.45) is 10.2 Å². The molecule has 0 saturated carbocycles. The van der Waals surface area contributed by atoms with E-state index in [0.717, 1.165) is 11.5 Å². The summed E-state index contributed by atoms with van der Waals surface area (Å²) in [6, 6.07) is 14.0. The summed E-state index contributed by atoms with van der Waals surface area (Å²) in [5, 5.41) is 39.8. The minimum atomic E-state index is -0.589. The zero-order valence-corrected chi connectivity index (χ0v) is 14.7. The zero-order valence-electron chi connectivity index (χ0n) is 12.7. The molecule has 0 saturated heterocycles. The first-order valence-electron chi connectivity index (χ1n) is 6.66. The van der Waals surface area contributed by atoms with Gasteiger partial charge in [-0.2, -0.15) is 0 Å². The van der Waals surface area contributed by atoms with Crippen LogP contribution in [0.15, 0.2) is 64.8 Å². The Hall–Kier alpha value is -2.48. The number of hydrogen-bond donors (Lipinski definition) is 2. The maximum Gasteiger partial charge on any atom is 0.271 e. The molecule has 0 aliphatic carbocycles. The Balaban J connectivity index is 0.00000208. The summed E-state index contributed by atoms with van der Waals surface area (Å²) in [7, 11) is 0. The Morgan fingerprint density at radius 1 is 0.917 bits per heavy atom. The van der Waals surface area contributed by atoms with Crippen LogP contribution in [-0.2, 0) is 0 Å². The molecule has 0 unspecified atom stereocenters. The molecular weight excluding hydrogens is 321 g/mol. The van der Waals surface area contributed by atoms with E-state index < -0.39 is 4.92 Å². The van der Waals surface area contributed by atoms with Gasteiger partial charge in [-0.25, -0.2) is 0 Å². The molecular formula is C16H11N3NaO4. The molecule has 0 bridgehead atoms. The van der Waals surface area contributed by atoms with Crippen LogP contribution in [0, 0.1) is 10.1 Å². The largest absolute Gasteiger partial charge is 0.506 e. The van der Waals surface area contributed by atoms with Gasteiger partial charge in [-0.05, 0) is 17.5 Å². The number of nitrogens with zero attached hydrogens (tertiary/aromatic N) is 3. The van der Waals surface area contributed by atoms with Gasteiger partial charge in [-0.3, -0.25) is 10.1 Å². The Kier molecular flexibility index (Phi) is 5.50. The van der Waals surface area contributed by atoms with E-state index >= 15 is 0 Å². The van der Waals surface area contributed by atoms with Crippen molar-refractivity contribution in [2.45, 2.75) is 0 Å². The maximum absolute atomic E-state index is 10.8. The number of hydrogen-bond acceptors (Lipinski definition) is 6. The molecule has 3 rings (SSSR count). The van der Waals surface area contributed by atoms with E-state index in [4.69, 9.17) is 0 Å². The number of rotatable bonds is 3. The van der Waals surface area contributed by atoms with Crippen molar-refractivity contribution in [3.05, 3.63) is 64.7 Å². The first kappa shape index (κ1) is 17.9. The van der Waals surface area contributed by atoms with Gasteiger partial charge in [0.2, 0.25) is 0 Å². The average Bonchev–Trinajstić information content (AvgIpc) is 2.55. The normalized spacial score (nSPS) is 10.7. The molecule has 0 spiro atoms. The Labute approximate surface area is 158 Å². The van der Waals surface area contributed by atoms with Crippen LogP contribution in [-0.4, -0.2) is 44.7 Å². The molecule has 0 aliphatic rings. The number of non-ortho nitro benzene ring substituents is 1. The minimum Gasteiger partial charge on any atom is -0.506 e. The number of fused-ring (bicyclic) bond motifs is 1. The third kappa shape index (κ3) is 3.53. The summed E-state index contributed by atoms with van der Waals surface area (Å²) in [5.74, 6) is -0.309. The predicted molar refractivity (Wildman–Crippen MR) is 90.3 cm³/mol. The van der Waals surface area contributed by atoms with Gasteiger partial charge in [-0.15, -0.1) is 10.2 Å². The fourth-order valence-corrected chi connectivity index (χ4v) is 2.16. The standard InChI is InChI=1S/C16H11N3O4.Na/c20-14-8-6-11(19(22)23)9-13(14)17-18-16-12-4-2-1-3-10(12)5-7-15(16)21;/h1-9,20-21H;. The van der Waals surface area contributed by atoms with Gasteiger partial charge in [-0.1, -0.05) is 30.3 Å². The molecule has 0 atom stereocenters. The van der Waals surface area contributed by atoms with Crippen LogP contribution >= 0.6 is 0 Å². The molecule has 2 N–H and O–H groups in total. The minimum absolute atomic E-state index is 0. The van der Waals surface area contributed by atoms with Gasteiger partial charge < -0.3 is 10.2 Å². The third-order valence-electron chi connectivity index (χ3n) is 3.31. The molecule has 7 nitrogen and oxygen atoms in total. The van der Waals surface area contributed by atoms with Crippen molar-refractivity contribution in [3.63, 3.8) is 0 Å². The Morgan fingerprint density at radius 3 is 2.38 bits per heavy atom. The summed E-state index contributed by atoms with van der Waals surface area (Å²) in [5.41, 5.74) is -0.0283. The Bertz CT molecular complexity index is 944. The van der Waals surface area contributed by atoms with Gasteiger partial charge in [0.15, 0.2) is 0 Å². The van der Waals surface area contributed by atoms with Crippen LogP contribution in [0.4, 0.5) is 17.1 Å². The second-order valence-electron chi connectivity index (χ2n) is 4.78. The van der Waals surface area contributed by atoms with Crippen molar-refractivity contribution in [1.29, 1.82) is 0 Å². The molecule has 24 heavy (non-hydrogen) atoms. The van der Waals surface area contributed by atoms with E-state index in [1.54, 1.807) is 18.2 Å².